The lowest BCUT2D eigenvalue weighted by Crippen LogP contribution is -2.25. The van der Waals surface area contributed by atoms with Crippen LogP contribution in [0.25, 0.3) is 0 Å². The molecule has 0 aliphatic carbocycles. The van der Waals surface area contributed by atoms with Crippen molar-refractivity contribution >= 4 is 27.3 Å². The second kappa shape index (κ2) is 5.99. The summed E-state index contributed by atoms with van der Waals surface area (Å²) in [5, 5.41) is 12.4. The van der Waals surface area contributed by atoms with Crippen LogP contribution in [0.3, 0.4) is 0 Å². The lowest BCUT2D eigenvalue weighted by molar-refractivity contribution is 0.540. The zero-order chi connectivity index (χ0) is 13.1. The summed E-state index contributed by atoms with van der Waals surface area (Å²) in [6.07, 6.45) is 1.88. The average Bonchev–Trinajstić information content (AvgIpc) is 2.93. The third-order valence-corrected chi connectivity index (χ3v) is 4.51. The summed E-state index contributed by atoms with van der Waals surface area (Å²) in [6.45, 7) is 8.23. The highest BCUT2D eigenvalue weighted by Crippen LogP contribution is 2.31. The highest BCUT2D eigenvalue weighted by Gasteiger charge is 2.22. The van der Waals surface area contributed by atoms with Crippen molar-refractivity contribution in [2.45, 2.75) is 33.4 Å². The van der Waals surface area contributed by atoms with Crippen molar-refractivity contribution in [3.05, 3.63) is 38.3 Å². The van der Waals surface area contributed by atoms with Crippen LogP contribution in [-0.4, -0.2) is 16.3 Å². The number of nitrogens with zero attached hydrogens (tertiary/aromatic N) is 2. The van der Waals surface area contributed by atoms with E-state index < -0.39 is 0 Å². The molecule has 2 aromatic heterocycles. The minimum atomic E-state index is 0.207. The van der Waals surface area contributed by atoms with Crippen LogP contribution in [0.2, 0.25) is 0 Å². The van der Waals surface area contributed by atoms with Crippen molar-refractivity contribution in [3.8, 4) is 0 Å². The van der Waals surface area contributed by atoms with Crippen molar-refractivity contribution < 1.29 is 0 Å². The largest absolute Gasteiger partial charge is 0.305 e. The maximum atomic E-state index is 4.41. The van der Waals surface area contributed by atoms with Crippen LogP contribution in [0.4, 0.5) is 0 Å². The van der Waals surface area contributed by atoms with E-state index in [9.17, 15) is 0 Å². The summed E-state index contributed by atoms with van der Waals surface area (Å²) in [6, 6.07) is 0.207. The highest BCUT2D eigenvalue weighted by molar-refractivity contribution is 9.10. The van der Waals surface area contributed by atoms with Gasteiger partial charge in [-0.3, -0.25) is 4.68 Å². The lowest BCUT2D eigenvalue weighted by Gasteiger charge is -2.20. The molecule has 1 atom stereocenters. The number of thiophene rings is 1. The van der Waals surface area contributed by atoms with Gasteiger partial charge in [0.25, 0.3) is 0 Å². The highest BCUT2D eigenvalue weighted by atomic mass is 79.9. The van der Waals surface area contributed by atoms with Crippen molar-refractivity contribution in [1.82, 2.24) is 15.1 Å². The summed E-state index contributed by atoms with van der Waals surface area (Å²) >= 11 is 5.37. The van der Waals surface area contributed by atoms with Crippen molar-refractivity contribution in [2.75, 3.05) is 6.54 Å². The monoisotopic (exact) mass is 327 g/mol. The molecule has 0 bridgehead atoms. The second-order valence-corrected chi connectivity index (χ2v) is 5.79. The van der Waals surface area contributed by atoms with Crippen molar-refractivity contribution in [1.29, 1.82) is 0 Å². The van der Waals surface area contributed by atoms with E-state index in [4.69, 9.17) is 0 Å². The third kappa shape index (κ3) is 2.53. The van der Waals surface area contributed by atoms with E-state index in [2.05, 4.69) is 62.6 Å². The van der Waals surface area contributed by atoms with E-state index in [0.29, 0.717) is 0 Å². The first kappa shape index (κ1) is 13.8. The lowest BCUT2D eigenvalue weighted by atomic mass is 10.0. The number of aromatic nitrogens is 2. The van der Waals surface area contributed by atoms with Gasteiger partial charge in [0.15, 0.2) is 0 Å². The minimum absolute atomic E-state index is 0.207. The van der Waals surface area contributed by atoms with Crippen LogP contribution in [0, 0.1) is 6.92 Å². The molecule has 0 saturated heterocycles. The molecular formula is C13H18BrN3S. The molecule has 98 valence electrons. The number of rotatable bonds is 5. The molecule has 3 nitrogen and oxygen atoms in total. The smallest absolute Gasteiger partial charge is 0.0770 e. The Morgan fingerprint density at radius 1 is 1.44 bits per heavy atom. The molecule has 2 aromatic rings. The summed E-state index contributed by atoms with van der Waals surface area (Å²) < 4.78 is 3.12. The van der Waals surface area contributed by atoms with Crippen LogP contribution in [-0.2, 0) is 6.54 Å². The molecule has 0 aromatic carbocycles. The quantitative estimate of drug-likeness (QED) is 0.906. The van der Waals surface area contributed by atoms with Crippen LogP contribution in [0.15, 0.2) is 21.4 Å². The van der Waals surface area contributed by atoms with Gasteiger partial charge in [0.05, 0.1) is 22.4 Å². The second-order valence-electron chi connectivity index (χ2n) is 4.19. The van der Waals surface area contributed by atoms with E-state index in [1.54, 1.807) is 11.3 Å². The Bertz CT molecular complexity index is 518. The average molecular weight is 328 g/mol. The number of nitrogens with one attached hydrogen (secondary N) is 1. The fourth-order valence-corrected chi connectivity index (χ4v) is 3.54. The van der Waals surface area contributed by atoms with Gasteiger partial charge in [-0.1, -0.05) is 6.92 Å². The molecule has 0 amide bonds. The summed E-state index contributed by atoms with van der Waals surface area (Å²) in [5.41, 5.74) is 3.89. The number of halogens is 1. The Morgan fingerprint density at radius 3 is 2.78 bits per heavy atom. The molecule has 1 N–H and O–H groups in total. The van der Waals surface area contributed by atoms with Gasteiger partial charge in [-0.15, -0.1) is 0 Å². The van der Waals surface area contributed by atoms with E-state index in [1.165, 1.54) is 16.8 Å². The molecule has 2 rings (SSSR count). The minimum Gasteiger partial charge on any atom is -0.305 e. The summed E-state index contributed by atoms with van der Waals surface area (Å²) in [5.74, 6) is 0. The SMILES string of the molecule is CCNC(c1cscc1C)c1c(Br)cnn1CC. The van der Waals surface area contributed by atoms with Gasteiger partial charge in [0.1, 0.15) is 0 Å². The van der Waals surface area contributed by atoms with E-state index in [1.807, 2.05) is 6.20 Å². The van der Waals surface area contributed by atoms with Crippen LogP contribution in [0.5, 0.6) is 0 Å². The normalized spacial score (nSPS) is 12.9. The molecule has 1 unspecified atom stereocenters. The van der Waals surface area contributed by atoms with E-state index >= 15 is 0 Å². The Kier molecular flexibility index (Phi) is 4.59. The first-order chi connectivity index (χ1) is 8.69. The van der Waals surface area contributed by atoms with Gasteiger partial charge in [0, 0.05) is 6.54 Å². The molecule has 2 heterocycles. The molecular weight excluding hydrogens is 310 g/mol. The third-order valence-electron chi connectivity index (χ3n) is 3.02. The standard InChI is InChI=1S/C13H18BrN3S/c1-4-15-12(10-8-18-7-9(10)3)13-11(14)6-16-17(13)5-2/h6-8,12,15H,4-5H2,1-3H3. The van der Waals surface area contributed by atoms with Crippen LogP contribution in [0.1, 0.15) is 36.7 Å². The predicted octanol–water partition coefficient (Wildman–Crippen LogP) is 3.73. The van der Waals surface area contributed by atoms with Gasteiger partial charge in [-0.25, -0.2) is 0 Å². The number of hydrogen-bond donors (Lipinski definition) is 1. The molecule has 0 aliphatic rings. The maximum Gasteiger partial charge on any atom is 0.0770 e. The zero-order valence-electron chi connectivity index (χ0n) is 10.9. The molecule has 0 fully saturated rings. The fraction of sp³-hybridized carbons (Fsp3) is 0.462. The van der Waals surface area contributed by atoms with Gasteiger partial charge in [0.2, 0.25) is 0 Å². The van der Waals surface area contributed by atoms with Gasteiger partial charge in [-0.2, -0.15) is 16.4 Å². The molecule has 0 aliphatic heterocycles. The van der Waals surface area contributed by atoms with E-state index in [0.717, 1.165) is 17.6 Å². The fourth-order valence-electron chi connectivity index (χ4n) is 2.14. The first-order valence-electron chi connectivity index (χ1n) is 6.16. The molecule has 0 radical (unpaired) electrons. The molecule has 5 heteroatoms. The van der Waals surface area contributed by atoms with Gasteiger partial charge < -0.3 is 5.32 Å². The van der Waals surface area contributed by atoms with Crippen molar-refractivity contribution in [2.24, 2.45) is 0 Å². The maximum absolute atomic E-state index is 4.41. The first-order valence-corrected chi connectivity index (χ1v) is 7.89. The van der Waals surface area contributed by atoms with E-state index in [-0.39, 0.29) is 6.04 Å². The molecule has 18 heavy (non-hydrogen) atoms. The molecule has 0 spiro atoms. The van der Waals surface area contributed by atoms with Gasteiger partial charge >= 0.3 is 0 Å². The number of hydrogen-bond acceptors (Lipinski definition) is 3. The zero-order valence-corrected chi connectivity index (χ0v) is 13.3. The Morgan fingerprint density at radius 2 is 2.22 bits per heavy atom. The van der Waals surface area contributed by atoms with Gasteiger partial charge in [-0.05, 0) is 58.2 Å². The predicted molar refractivity (Wildman–Crippen MR) is 80.2 cm³/mol. The van der Waals surface area contributed by atoms with Crippen LogP contribution >= 0.6 is 27.3 Å². The Labute approximate surface area is 120 Å². The Balaban J connectivity index is 2.47. The Hall–Kier alpha value is -0.650. The van der Waals surface area contributed by atoms with Crippen LogP contribution < -0.4 is 5.32 Å². The topological polar surface area (TPSA) is 29.9 Å². The van der Waals surface area contributed by atoms with Crippen molar-refractivity contribution in [3.63, 3.8) is 0 Å². The molecule has 0 saturated carbocycles. The summed E-state index contributed by atoms with van der Waals surface area (Å²) in [7, 11) is 0. The number of aryl methyl sites for hydroxylation is 2. The summed E-state index contributed by atoms with van der Waals surface area (Å²) in [4.78, 5) is 0.